The number of unbranched alkanes of at least 4 members (excludes halogenated alkanes) is 6. The lowest BCUT2D eigenvalue weighted by atomic mass is 10.1. The molecule has 0 fully saturated rings. The van der Waals surface area contributed by atoms with Crippen LogP contribution < -0.4 is 0 Å². The highest BCUT2D eigenvalue weighted by Crippen LogP contribution is 2.09. The Morgan fingerprint density at radius 3 is 2.00 bits per heavy atom. The SMILES string of the molecule is CC(C)=CCCCCCCCCI. The summed E-state index contributed by atoms with van der Waals surface area (Å²) in [4.78, 5) is 0. The van der Waals surface area contributed by atoms with Crippen LogP contribution in [0.25, 0.3) is 0 Å². The van der Waals surface area contributed by atoms with Gasteiger partial charge in [-0.2, -0.15) is 0 Å². The predicted molar refractivity (Wildman–Crippen MR) is 70.6 cm³/mol. The minimum absolute atomic E-state index is 1.29. The van der Waals surface area contributed by atoms with E-state index in [1.807, 2.05) is 0 Å². The van der Waals surface area contributed by atoms with Gasteiger partial charge in [0.15, 0.2) is 0 Å². The third-order valence-corrected chi connectivity index (χ3v) is 2.90. The third-order valence-electron chi connectivity index (χ3n) is 2.14. The monoisotopic (exact) mass is 294 g/mol. The molecular weight excluding hydrogens is 271 g/mol. The van der Waals surface area contributed by atoms with Gasteiger partial charge in [-0.1, -0.05) is 59.9 Å². The van der Waals surface area contributed by atoms with E-state index in [-0.39, 0.29) is 0 Å². The Bertz CT molecular complexity index is 123. The third kappa shape index (κ3) is 12.5. The fourth-order valence-electron chi connectivity index (χ4n) is 1.34. The lowest BCUT2D eigenvalue weighted by molar-refractivity contribution is 0.614. The van der Waals surface area contributed by atoms with Gasteiger partial charge in [0.05, 0.1) is 0 Å². The zero-order chi connectivity index (χ0) is 9.94. The Balaban J connectivity index is 2.96. The van der Waals surface area contributed by atoms with Crippen LogP contribution in [0.3, 0.4) is 0 Å². The van der Waals surface area contributed by atoms with E-state index >= 15 is 0 Å². The minimum atomic E-state index is 1.29. The fourth-order valence-corrected chi connectivity index (χ4v) is 1.88. The molecule has 0 rings (SSSR count). The second kappa shape index (κ2) is 10.6. The van der Waals surface area contributed by atoms with Gasteiger partial charge >= 0.3 is 0 Å². The van der Waals surface area contributed by atoms with Crippen LogP contribution in [0.4, 0.5) is 0 Å². The summed E-state index contributed by atoms with van der Waals surface area (Å²) in [5.74, 6) is 0. The molecule has 0 aliphatic rings. The van der Waals surface area contributed by atoms with Crippen molar-refractivity contribution in [3.05, 3.63) is 11.6 Å². The van der Waals surface area contributed by atoms with E-state index < -0.39 is 0 Å². The molecule has 0 unspecified atom stereocenters. The van der Waals surface area contributed by atoms with Crippen LogP contribution in [-0.2, 0) is 0 Å². The van der Waals surface area contributed by atoms with E-state index in [4.69, 9.17) is 0 Å². The molecule has 0 spiro atoms. The zero-order valence-electron chi connectivity index (χ0n) is 9.11. The van der Waals surface area contributed by atoms with E-state index in [1.165, 1.54) is 54.9 Å². The number of halogens is 1. The number of hydrogen-bond acceptors (Lipinski definition) is 0. The summed E-state index contributed by atoms with van der Waals surface area (Å²) in [6.07, 6.45) is 12.2. The Morgan fingerprint density at radius 1 is 0.923 bits per heavy atom. The standard InChI is InChI=1S/C12H23I/c1-12(2)10-8-6-4-3-5-7-9-11-13/h10H,3-9,11H2,1-2H3. The molecule has 0 saturated carbocycles. The van der Waals surface area contributed by atoms with Gasteiger partial charge in [-0.15, -0.1) is 0 Å². The highest BCUT2D eigenvalue weighted by atomic mass is 127. The fraction of sp³-hybridized carbons (Fsp3) is 0.833. The first-order valence-electron chi connectivity index (χ1n) is 5.46. The smallest absolute Gasteiger partial charge is 0.000473 e. The minimum Gasteiger partial charge on any atom is -0.0864 e. The molecule has 0 aromatic carbocycles. The molecule has 0 heterocycles. The van der Waals surface area contributed by atoms with Crippen molar-refractivity contribution < 1.29 is 0 Å². The molecule has 0 aromatic heterocycles. The van der Waals surface area contributed by atoms with Gasteiger partial charge in [0.25, 0.3) is 0 Å². The molecule has 1 heteroatoms. The maximum Gasteiger partial charge on any atom is -0.000473 e. The summed E-state index contributed by atoms with van der Waals surface area (Å²) in [5, 5.41) is 0. The van der Waals surface area contributed by atoms with Crippen molar-refractivity contribution in [3.63, 3.8) is 0 Å². The Labute approximate surface area is 97.3 Å². The van der Waals surface area contributed by atoms with Gasteiger partial charge in [-0.25, -0.2) is 0 Å². The molecule has 0 N–H and O–H groups in total. The Morgan fingerprint density at radius 2 is 1.46 bits per heavy atom. The number of allylic oxidation sites excluding steroid dienone is 2. The number of rotatable bonds is 8. The predicted octanol–water partition coefficient (Wildman–Crippen LogP) is 5.12. The van der Waals surface area contributed by atoms with Crippen LogP contribution in [-0.4, -0.2) is 4.43 Å². The Hall–Kier alpha value is 0.470. The zero-order valence-corrected chi connectivity index (χ0v) is 11.3. The summed E-state index contributed by atoms with van der Waals surface area (Å²) in [7, 11) is 0. The number of hydrogen-bond donors (Lipinski definition) is 0. The molecule has 0 atom stereocenters. The average molecular weight is 294 g/mol. The highest BCUT2D eigenvalue weighted by molar-refractivity contribution is 14.1. The molecule has 0 bridgehead atoms. The molecular formula is C12H23I. The molecule has 13 heavy (non-hydrogen) atoms. The molecule has 0 aromatic rings. The largest absolute Gasteiger partial charge is 0.0864 e. The topological polar surface area (TPSA) is 0 Å². The lowest BCUT2D eigenvalue weighted by Gasteiger charge is -1.98. The van der Waals surface area contributed by atoms with Crippen molar-refractivity contribution in [2.24, 2.45) is 0 Å². The van der Waals surface area contributed by atoms with Crippen LogP contribution in [0.1, 0.15) is 58.8 Å². The van der Waals surface area contributed by atoms with E-state index in [1.54, 1.807) is 0 Å². The maximum absolute atomic E-state index is 2.46. The van der Waals surface area contributed by atoms with Crippen LogP contribution in [0.5, 0.6) is 0 Å². The molecule has 0 saturated heterocycles. The van der Waals surface area contributed by atoms with Gasteiger partial charge in [0, 0.05) is 0 Å². The summed E-state index contributed by atoms with van der Waals surface area (Å²) in [6, 6.07) is 0. The van der Waals surface area contributed by atoms with E-state index in [9.17, 15) is 0 Å². The molecule has 0 radical (unpaired) electrons. The molecule has 0 nitrogen and oxygen atoms in total. The van der Waals surface area contributed by atoms with E-state index in [0.717, 1.165) is 0 Å². The van der Waals surface area contributed by atoms with Gasteiger partial charge in [0.2, 0.25) is 0 Å². The van der Waals surface area contributed by atoms with Crippen LogP contribution >= 0.6 is 22.6 Å². The van der Waals surface area contributed by atoms with E-state index in [2.05, 4.69) is 42.5 Å². The second-order valence-corrected chi connectivity index (χ2v) is 4.96. The van der Waals surface area contributed by atoms with Crippen molar-refractivity contribution in [1.82, 2.24) is 0 Å². The molecule has 0 aliphatic carbocycles. The van der Waals surface area contributed by atoms with E-state index in [0.29, 0.717) is 0 Å². The van der Waals surface area contributed by atoms with Gasteiger partial charge in [-0.3, -0.25) is 0 Å². The summed E-state index contributed by atoms with van der Waals surface area (Å²) >= 11 is 2.46. The summed E-state index contributed by atoms with van der Waals surface area (Å²) < 4.78 is 1.33. The normalized spacial score (nSPS) is 10.1. The van der Waals surface area contributed by atoms with Crippen LogP contribution in [0.15, 0.2) is 11.6 Å². The Kier molecular flexibility index (Phi) is 10.9. The van der Waals surface area contributed by atoms with Gasteiger partial charge < -0.3 is 0 Å². The first-order valence-corrected chi connectivity index (χ1v) is 6.99. The highest BCUT2D eigenvalue weighted by Gasteiger charge is 1.89. The van der Waals surface area contributed by atoms with Crippen molar-refractivity contribution in [3.8, 4) is 0 Å². The van der Waals surface area contributed by atoms with Gasteiger partial charge in [0.1, 0.15) is 0 Å². The van der Waals surface area contributed by atoms with Crippen molar-refractivity contribution in [1.29, 1.82) is 0 Å². The van der Waals surface area contributed by atoms with Crippen molar-refractivity contribution >= 4 is 22.6 Å². The number of alkyl halides is 1. The second-order valence-electron chi connectivity index (χ2n) is 3.88. The van der Waals surface area contributed by atoms with Crippen molar-refractivity contribution in [2.75, 3.05) is 4.43 Å². The molecule has 0 aliphatic heterocycles. The summed E-state index contributed by atoms with van der Waals surface area (Å²) in [6.45, 7) is 4.36. The van der Waals surface area contributed by atoms with Crippen LogP contribution in [0.2, 0.25) is 0 Å². The average Bonchev–Trinajstić information content (AvgIpc) is 2.09. The quantitative estimate of drug-likeness (QED) is 0.252. The molecule has 0 amide bonds. The maximum atomic E-state index is 2.46. The lowest BCUT2D eigenvalue weighted by Crippen LogP contribution is -1.80. The van der Waals surface area contributed by atoms with Crippen LogP contribution in [0, 0.1) is 0 Å². The first-order chi connectivity index (χ1) is 6.27. The van der Waals surface area contributed by atoms with Gasteiger partial charge in [-0.05, 0) is 37.5 Å². The molecule has 78 valence electrons. The summed E-state index contributed by atoms with van der Waals surface area (Å²) in [5.41, 5.74) is 1.46. The van der Waals surface area contributed by atoms with Crippen molar-refractivity contribution in [2.45, 2.75) is 58.8 Å². The first kappa shape index (κ1) is 13.5.